The van der Waals surface area contributed by atoms with Gasteiger partial charge >= 0.3 is 10.1 Å². The first kappa shape index (κ1) is 29.1. The molecule has 6 rings (SSSR count). The number of rotatable bonds is 6. The molecule has 43 heavy (non-hydrogen) atoms. The minimum atomic E-state index is -4.16. The van der Waals surface area contributed by atoms with Gasteiger partial charge in [-0.25, -0.2) is 0 Å². The van der Waals surface area contributed by atoms with E-state index in [1.165, 1.54) is 12.1 Å². The Bertz CT molecular complexity index is 1710. The number of para-hydroxylation sites is 1. The Balaban J connectivity index is 1.57. The molecule has 7 heteroatoms. The van der Waals surface area contributed by atoms with E-state index in [2.05, 4.69) is 44.7 Å². The van der Waals surface area contributed by atoms with Gasteiger partial charge in [-0.15, -0.1) is 0 Å². The van der Waals surface area contributed by atoms with E-state index < -0.39 is 16.0 Å². The maximum atomic E-state index is 14.2. The maximum Gasteiger partial charge on any atom is 0.339 e. The fraction of sp³-hybridized carbons (Fsp3) is 0.333. The molecule has 0 saturated carbocycles. The molecular formula is C36H37NO5S. The van der Waals surface area contributed by atoms with Crippen LogP contribution in [0.3, 0.4) is 0 Å². The maximum absolute atomic E-state index is 14.2. The Morgan fingerprint density at radius 3 is 1.74 bits per heavy atom. The van der Waals surface area contributed by atoms with E-state index in [9.17, 15) is 18.0 Å². The van der Waals surface area contributed by atoms with Crippen molar-refractivity contribution in [3.05, 3.63) is 119 Å². The average molecular weight is 596 g/mol. The van der Waals surface area contributed by atoms with Crippen molar-refractivity contribution in [2.24, 2.45) is 10.8 Å². The van der Waals surface area contributed by atoms with Crippen molar-refractivity contribution in [1.29, 1.82) is 0 Å². The van der Waals surface area contributed by atoms with E-state index >= 15 is 0 Å². The molecule has 0 saturated heterocycles. The van der Waals surface area contributed by atoms with Crippen molar-refractivity contribution in [2.45, 2.75) is 70.7 Å². The largest absolute Gasteiger partial charge is 0.379 e. The molecule has 0 aromatic heterocycles. The molecule has 222 valence electrons. The van der Waals surface area contributed by atoms with Gasteiger partial charge in [0.1, 0.15) is 10.6 Å². The second kappa shape index (κ2) is 10.6. The monoisotopic (exact) mass is 595 g/mol. The molecular weight excluding hydrogens is 558 g/mol. The number of ketones is 2. The summed E-state index contributed by atoms with van der Waals surface area (Å²) in [6.07, 6.45) is 2.01. The van der Waals surface area contributed by atoms with Crippen molar-refractivity contribution in [3.8, 4) is 5.75 Å². The van der Waals surface area contributed by atoms with Gasteiger partial charge in [-0.1, -0.05) is 94.4 Å². The number of allylic oxidation sites excluding steroid dienone is 4. The smallest absolute Gasteiger partial charge is 0.339 e. The molecule has 0 spiro atoms. The zero-order chi connectivity index (χ0) is 30.6. The summed E-state index contributed by atoms with van der Waals surface area (Å²) in [7, 11) is -4.16. The summed E-state index contributed by atoms with van der Waals surface area (Å²) in [4.78, 5) is 30.6. The number of carbonyl (C=O) groups excluding carboxylic acids is 2. The third-order valence-corrected chi connectivity index (χ3v) is 9.92. The summed E-state index contributed by atoms with van der Waals surface area (Å²) < 4.78 is 32.5. The Kier molecular flexibility index (Phi) is 7.20. The van der Waals surface area contributed by atoms with Crippen molar-refractivity contribution in [3.63, 3.8) is 0 Å². The minimum absolute atomic E-state index is 0.0146. The van der Waals surface area contributed by atoms with Gasteiger partial charge in [-0.05, 0) is 47.4 Å². The number of hydrogen-bond donors (Lipinski definition) is 0. The van der Waals surface area contributed by atoms with Gasteiger partial charge in [0.25, 0.3) is 0 Å². The lowest BCUT2D eigenvalue weighted by Crippen LogP contribution is -2.44. The molecule has 0 unspecified atom stereocenters. The highest BCUT2D eigenvalue weighted by Gasteiger charge is 2.49. The molecule has 3 aliphatic rings. The van der Waals surface area contributed by atoms with E-state index in [4.69, 9.17) is 4.18 Å². The molecule has 0 fully saturated rings. The van der Waals surface area contributed by atoms with E-state index in [0.717, 1.165) is 17.0 Å². The second-order valence-electron chi connectivity index (χ2n) is 13.5. The highest BCUT2D eigenvalue weighted by Crippen LogP contribution is 2.55. The van der Waals surface area contributed by atoms with Gasteiger partial charge in [0.15, 0.2) is 11.6 Å². The molecule has 0 amide bonds. The molecule has 6 nitrogen and oxygen atoms in total. The standard InChI is InChI=1S/C36H37NO5S/c1-35(2)19-27-33(29(38)21-35)32(26-17-11-12-18-31(26)42-43(40,41)25-15-9-6-10-16-25)34-28(20-36(3,4)22-30(34)39)37(27)23-24-13-7-5-8-14-24/h5-18,32H,19-23H2,1-4H3. The fourth-order valence-electron chi connectivity index (χ4n) is 6.86. The van der Waals surface area contributed by atoms with Gasteiger partial charge < -0.3 is 9.08 Å². The van der Waals surface area contributed by atoms with Gasteiger partial charge in [0.2, 0.25) is 0 Å². The highest BCUT2D eigenvalue weighted by molar-refractivity contribution is 7.87. The summed E-state index contributed by atoms with van der Waals surface area (Å²) >= 11 is 0. The SMILES string of the molecule is CC1(C)CC(=O)C2=C(C1)N(Cc1ccccc1)C1=C(C(=O)CC(C)(C)C1)C2c1ccccc1OS(=O)(=O)c1ccccc1. The predicted octanol–water partition coefficient (Wildman–Crippen LogP) is 7.34. The van der Waals surface area contributed by atoms with Crippen LogP contribution < -0.4 is 4.18 Å². The van der Waals surface area contributed by atoms with Crippen LogP contribution in [-0.4, -0.2) is 24.9 Å². The normalized spacial score (nSPS) is 20.1. The van der Waals surface area contributed by atoms with E-state index in [1.807, 2.05) is 24.3 Å². The van der Waals surface area contributed by atoms with Gasteiger partial charge in [-0.2, -0.15) is 8.42 Å². The summed E-state index contributed by atoms with van der Waals surface area (Å²) in [6, 6.07) is 25.0. The van der Waals surface area contributed by atoms with E-state index in [1.54, 1.807) is 36.4 Å². The summed E-state index contributed by atoms with van der Waals surface area (Å²) in [5.74, 6) is -0.619. The minimum Gasteiger partial charge on any atom is -0.379 e. The van der Waals surface area contributed by atoms with Gasteiger partial charge in [0.05, 0.1) is 0 Å². The molecule has 1 aliphatic heterocycles. The number of carbonyl (C=O) groups is 2. The second-order valence-corrected chi connectivity index (χ2v) is 15.0. The lowest BCUT2D eigenvalue weighted by atomic mass is 9.63. The van der Waals surface area contributed by atoms with Crippen LogP contribution in [0.1, 0.15) is 70.4 Å². The Labute approximate surface area is 254 Å². The third kappa shape index (κ3) is 5.58. The first-order chi connectivity index (χ1) is 20.4. The molecule has 3 aromatic rings. The van der Waals surface area contributed by atoms with Crippen LogP contribution in [0.4, 0.5) is 0 Å². The summed E-state index contributed by atoms with van der Waals surface area (Å²) in [5.41, 5.74) is 4.06. The van der Waals surface area contributed by atoms with Crippen LogP contribution in [0.25, 0.3) is 0 Å². The molecule has 1 heterocycles. The Morgan fingerprint density at radius 2 is 1.19 bits per heavy atom. The number of hydrogen-bond acceptors (Lipinski definition) is 6. The number of nitrogens with zero attached hydrogens (tertiary/aromatic N) is 1. The zero-order valence-electron chi connectivity index (χ0n) is 25.1. The van der Waals surface area contributed by atoms with Gasteiger partial charge in [-0.3, -0.25) is 9.59 Å². The van der Waals surface area contributed by atoms with E-state index in [-0.39, 0.29) is 33.0 Å². The number of Topliss-reactive ketones (excluding diaryl/α,β-unsaturated/α-hetero) is 2. The van der Waals surface area contributed by atoms with Crippen molar-refractivity contribution >= 4 is 21.7 Å². The predicted molar refractivity (Wildman–Crippen MR) is 166 cm³/mol. The first-order valence-corrected chi connectivity index (χ1v) is 16.2. The molecule has 0 bridgehead atoms. The topological polar surface area (TPSA) is 80.8 Å². The van der Waals surface area contributed by atoms with Crippen LogP contribution in [-0.2, 0) is 26.3 Å². The molecule has 0 atom stereocenters. The third-order valence-electron chi connectivity index (χ3n) is 8.67. The van der Waals surface area contributed by atoms with Crippen molar-refractivity contribution in [2.75, 3.05) is 0 Å². The van der Waals surface area contributed by atoms with Crippen LogP contribution in [0, 0.1) is 10.8 Å². The highest BCUT2D eigenvalue weighted by atomic mass is 32.2. The lowest BCUT2D eigenvalue weighted by Gasteiger charge is -2.49. The van der Waals surface area contributed by atoms with Crippen LogP contribution >= 0.6 is 0 Å². The van der Waals surface area contributed by atoms with Crippen LogP contribution in [0.2, 0.25) is 0 Å². The zero-order valence-corrected chi connectivity index (χ0v) is 25.9. The van der Waals surface area contributed by atoms with Crippen molar-refractivity contribution in [1.82, 2.24) is 4.90 Å². The summed E-state index contributed by atoms with van der Waals surface area (Å²) in [6.45, 7) is 8.96. The van der Waals surface area contributed by atoms with E-state index in [0.29, 0.717) is 48.9 Å². The quantitative estimate of drug-likeness (QED) is 0.278. The average Bonchev–Trinajstić information content (AvgIpc) is 2.94. The van der Waals surface area contributed by atoms with Crippen LogP contribution in [0.5, 0.6) is 5.75 Å². The molecule has 2 aliphatic carbocycles. The summed E-state index contributed by atoms with van der Waals surface area (Å²) in [5, 5.41) is 0. The lowest BCUT2D eigenvalue weighted by molar-refractivity contribution is -0.119. The van der Waals surface area contributed by atoms with Gasteiger partial charge in [0, 0.05) is 53.4 Å². The molecule has 0 radical (unpaired) electrons. The van der Waals surface area contributed by atoms with Crippen molar-refractivity contribution < 1.29 is 22.2 Å². The molecule has 0 N–H and O–H groups in total. The number of benzene rings is 3. The molecule has 3 aromatic carbocycles. The first-order valence-electron chi connectivity index (χ1n) is 14.8. The Hall–Kier alpha value is -3.97. The fourth-order valence-corrected chi connectivity index (χ4v) is 7.84. The van der Waals surface area contributed by atoms with Crippen LogP contribution in [0.15, 0.2) is 112 Å². The Morgan fingerprint density at radius 1 is 0.698 bits per heavy atom.